The van der Waals surface area contributed by atoms with Crippen molar-refractivity contribution in [3.63, 3.8) is 0 Å². The number of nitrogens with zero attached hydrogens (tertiary/aromatic N) is 3. The summed E-state index contributed by atoms with van der Waals surface area (Å²) >= 11 is 2.29. The smallest absolute Gasteiger partial charge is 0.358 e. The Morgan fingerprint density at radius 2 is 1.88 bits per heavy atom. The average Bonchev–Trinajstić information content (AvgIpc) is 3.25. The number of anilines is 1. The standard InChI is InChI=1S/C25H31IN4O4/c1-4-34-23(32)20-13-21-22(31)30(19-11-7-17(14-26)8-12-19)25(3,15-29(21)28-20)24(33)27-18-9-5-16(2)6-10-18/h7-8,11-13,16,18H,4-6,9-10,14-15H2,1-3H3,(H,27,33). The highest BCUT2D eigenvalue weighted by atomic mass is 127. The van der Waals surface area contributed by atoms with E-state index >= 15 is 0 Å². The Labute approximate surface area is 213 Å². The van der Waals surface area contributed by atoms with Crippen LogP contribution in [0.4, 0.5) is 5.69 Å². The quantitative estimate of drug-likeness (QED) is 0.317. The number of esters is 1. The Morgan fingerprint density at radius 3 is 2.50 bits per heavy atom. The van der Waals surface area contributed by atoms with Gasteiger partial charge in [-0.25, -0.2) is 4.79 Å². The summed E-state index contributed by atoms with van der Waals surface area (Å²) in [4.78, 5) is 41.3. The van der Waals surface area contributed by atoms with Crippen LogP contribution in [0.3, 0.4) is 0 Å². The molecule has 0 spiro atoms. The Kier molecular flexibility index (Phi) is 7.30. The molecule has 1 saturated carbocycles. The number of hydrogen-bond donors (Lipinski definition) is 1. The van der Waals surface area contributed by atoms with E-state index < -0.39 is 11.5 Å². The molecule has 9 heteroatoms. The zero-order valence-corrected chi connectivity index (χ0v) is 22.0. The molecule has 0 bridgehead atoms. The van der Waals surface area contributed by atoms with Gasteiger partial charge in [-0.1, -0.05) is 41.6 Å². The maximum Gasteiger partial charge on any atom is 0.358 e. The van der Waals surface area contributed by atoms with Crippen molar-refractivity contribution < 1.29 is 19.1 Å². The molecular formula is C25H31IN4O4. The first kappa shape index (κ1) is 24.7. The van der Waals surface area contributed by atoms with Crippen molar-refractivity contribution in [3.05, 3.63) is 47.3 Å². The molecular weight excluding hydrogens is 547 g/mol. The molecule has 2 aliphatic rings. The van der Waals surface area contributed by atoms with Gasteiger partial charge in [0.05, 0.1) is 13.2 Å². The molecule has 1 fully saturated rings. The normalized spacial score (nSPS) is 24.5. The van der Waals surface area contributed by atoms with Crippen molar-refractivity contribution in [2.45, 2.75) is 69.0 Å². The van der Waals surface area contributed by atoms with E-state index in [0.29, 0.717) is 11.6 Å². The highest BCUT2D eigenvalue weighted by molar-refractivity contribution is 14.1. The molecule has 1 unspecified atom stereocenters. The maximum absolute atomic E-state index is 13.8. The van der Waals surface area contributed by atoms with Crippen molar-refractivity contribution in [2.75, 3.05) is 11.5 Å². The molecule has 8 nitrogen and oxygen atoms in total. The van der Waals surface area contributed by atoms with Crippen LogP contribution >= 0.6 is 22.6 Å². The summed E-state index contributed by atoms with van der Waals surface area (Å²) in [7, 11) is 0. The fourth-order valence-corrected chi connectivity index (χ4v) is 5.28. The minimum atomic E-state index is -1.21. The summed E-state index contributed by atoms with van der Waals surface area (Å²) in [6.45, 7) is 6.07. The van der Waals surface area contributed by atoms with E-state index in [0.717, 1.165) is 35.7 Å². The molecule has 2 amide bonds. The Morgan fingerprint density at radius 1 is 1.21 bits per heavy atom. The van der Waals surface area contributed by atoms with Crippen molar-refractivity contribution in [3.8, 4) is 0 Å². The predicted octanol–water partition coefficient (Wildman–Crippen LogP) is 4.11. The number of fused-ring (bicyclic) bond motifs is 1. The number of rotatable bonds is 6. The van der Waals surface area contributed by atoms with Gasteiger partial charge in [0.15, 0.2) is 5.69 Å². The fraction of sp³-hybridized carbons (Fsp3) is 0.520. The van der Waals surface area contributed by atoms with Crippen LogP contribution in [0.15, 0.2) is 30.3 Å². The van der Waals surface area contributed by atoms with E-state index in [1.54, 1.807) is 18.7 Å². The molecule has 1 aromatic carbocycles. The number of nitrogens with one attached hydrogen (secondary N) is 1. The largest absolute Gasteiger partial charge is 0.461 e. The molecule has 34 heavy (non-hydrogen) atoms. The number of ether oxygens (including phenoxy) is 1. The van der Waals surface area contributed by atoms with Crippen LogP contribution in [0, 0.1) is 5.92 Å². The van der Waals surface area contributed by atoms with E-state index in [4.69, 9.17) is 4.74 Å². The fourth-order valence-electron chi connectivity index (χ4n) is 4.77. The second-order valence-corrected chi connectivity index (χ2v) is 10.2. The van der Waals surface area contributed by atoms with Gasteiger partial charge in [-0.05, 0) is 63.1 Å². The average molecular weight is 578 g/mol. The molecule has 2 heterocycles. The molecule has 0 saturated heterocycles. The summed E-state index contributed by atoms with van der Waals surface area (Å²) in [5.74, 6) is -0.498. The Balaban J connectivity index is 1.71. The van der Waals surface area contributed by atoms with Crippen LogP contribution in [-0.4, -0.2) is 45.8 Å². The van der Waals surface area contributed by atoms with E-state index in [1.807, 2.05) is 24.3 Å². The van der Waals surface area contributed by atoms with Crippen LogP contribution in [0.2, 0.25) is 0 Å². The van der Waals surface area contributed by atoms with Gasteiger partial charge in [0, 0.05) is 22.2 Å². The molecule has 0 radical (unpaired) electrons. The number of amides is 2. The number of carbonyl (C=O) groups is 3. The molecule has 182 valence electrons. The van der Waals surface area contributed by atoms with Crippen molar-refractivity contribution in [2.24, 2.45) is 5.92 Å². The number of carbonyl (C=O) groups excluding carboxylic acids is 3. The zero-order chi connectivity index (χ0) is 24.5. The SMILES string of the molecule is CCOC(=O)c1cc2n(n1)CC(C)(C(=O)NC1CCC(C)CC1)N(c1ccc(CI)cc1)C2=O. The van der Waals surface area contributed by atoms with Gasteiger partial charge in [0.2, 0.25) is 5.91 Å². The van der Waals surface area contributed by atoms with Crippen molar-refractivity contribution in [1.82, 2.24) is 15.1 Å². The van der Waals surface area contributed by atoms with Gasteiger partial charge in [-0.2, -0.15) is 5.10 Å². The Bertz CT molecular complexity index is 1080. The first-order valence-electron chi connectivity index (χ1n) is 11.8. The summed E-state index contributed by atoms with van der Waals surface area (Å²) in [6, 6.07) is 9.22. The first-order valence-corrected chi connectivity index (χ1v) is 13.3. The third-order valence-corrected chi connectivity index (χ3v) is 7.71. The molecule has 1 aromatic heterocycles. The third kappa shape index (κ3) is 4.71. The number of halogens is 1. The molecule has 1 N–H and O–H groups in total. The lowest BCUT2D eigenvalue weighted by atomic mass is 9.86. The number of benzene rings is 1. The van der Waals surface area contributed by atoms with E-state index in [1.165, 1.54) is 10.7 Å². The minimum absolute atomic E-state index is 0.0661. The van der Waals surface area contributed by atoms with E-state index in [9.17, 15) is 14.4 Å². The van der Waals surface area contributed by atoms with E-state index in [-0.39, 0.29) is 42.4 Å². The van der Waals surface area contributed by atoms with Gasteiger partial charge in [0.25, 0.3) is 5.91 Å². The highest BCUT2D eigenvalue weighted by Crippen LogP contribution is 2.34. The minimum Gasteiger partial charge on any atom is -0.461 e. The van der Waals surface area contributed by atoms with Gasteiger partial charge < -0.3 is 10.1 Å². The number of aromatic nitrogens is 2. The van der Waals surface area contributed by atoms with Gasteiger partial charge in [0.1, 0.15) is 11.2 Å². The van der Waals surface area contributed by atoms with Crippen LogP contribution in [0.5, 0.6) is 0 Å². The summed E-state index contributed by atoms with van der Waals surface area (Å²) in [5.41, 5.74) is 0.885. The topological polar surface area (TPSA) is 93.5 Å². The lowest BCUT2D eigenvalue weighted by Gasteiger charge is -2.44. The summed E-state index contributed by atoms with van der Waals surface area (Å²) < 4.78 is 7.38. The van der Waals surface area contributed by atoms with Gasteiger partial charge in [-0.3, -0.25) is 19.2 Å². The molecule has 4 rings (SSSR count). The Hall–Kier alpha value is -2.43. The second kappa shape index (κ2) is 10.1. The summed E-state index contributed by atoms with van der Waals surface area (Å²) in [5, 5.41) is 7.53. The predicted molar refractivity (Wildman–Crippen MR) is 137 cm³/mol. The lowest BCUT2D eigenvalue weighted by Crippen LogP contribution is -2.65. The number of alkyl halides is 1. The maximum atomic E-state index is 13.8. The van der Waals surface area contributed by atoms with Crippen LogP contribution in [0.1, 0.15) is 73.0 Å². The second-order valence-electron chi connectivity index (χ2n) is 9.44. The molecule has 1 aliphatic heterocycles. The summed E-state index contributed by atoms with van der Waals surface area (Å²) in [6.07, 6.45) is 4.02. The highest BCUT2D eigenvalue weighted by Gasteiger charge is 2.49. The monoisotopic (exact) mass is 578 g/mol. The third-order valence-electron chi connectivity index (χ3n) is 6.83. The first-order chi connectivity index (χ1) is 16.3. The lowest BCUT2D eigenvalue weighted by molar-refractivity contribution is -0.127. The van der Waals surface area contributed by atoms with Crippen LogP contribution in [0.25, 0.3) is 0 Å². The van der Waals surface area contributed by atoms with Crippen LogP contribution in [-0.2, 0) is 20.5 Å². The molecule has 1 atom stereocenters. The number of hydrogen-bond acceptors (Lipinski definition) is 5. The van der Waals surface area contributed by atoms with Crippen LogP contribution < -0.4 is 10.2 Å². The van der Waals surface area contributed by atoms with Crippen molar-refractivity contribution in [1.29, 1.82) is 0 Å². The zero-order valence-electron chi connectivity index (χ0n) is 19.8. The van der Waals surface area contributed by atoms with Crippen molar-refractivity contribution >= 4 is 46.1 Å². The van der Waals surface area contributed by atoms with Gasteiger partial charge in [-0.15, -0.1) is 0 Å². The molecule has 1 aliphatic carbocycles. The molecule has 2 aromatic rings. The van der Waals surface area contributed by atoms with Gasteiger partial charge >= 0.3 is 5.97 Å². The van der Waals surface area contributed by atoms with E-state index in [2.05, 4.69) is 39.9 Å².